The van der Waals surface area contributed by atoms with Gasteiger partial charge in [-0.05, 0) is 0 Å². The van der Waals surface area contributed by atoms with Crippen LogP contribution in [0.2, 0.25) is 0 Å². The van der Waals surface area contributed by atoms with Gasteiger partial charge in [0, 0.05) is 12.8 Å². The van der Waals surface area contributed by atoms with E-state index >= 15 is 0 Å². The number of aryl methyl sites for hydroxylation is 1. The standard InChI is InChI=1S/C9H14N2O2/c1-6(2)9(12)10-4-8-5-13-7(3)11-8/h5-6H,4H2,1-3H3,(H,10,12). The van der Waals surface area contributed by atoms with Gasteiger partial charge in [0.25, 0.3) is 0 Å². The normalized spacial score (nSPS) is 10.5. The molecule has 0 spiro atoms. The Morgan fingerprint density at radius 1 is 1.69 bits per heavy atom. The zero-order valence-electron chi connectivity index (χ0n) is 8.13. The van der Waals surface area contributed by atoms with Crippen molar-refractivity contribution in [2.75, 3.05) is 0 Å². The summed E-state index contributed by atoms with van der Waals surface area (Å²) < 4.78 is 4.99. The number of hydrogen-bond acceptors (Lipinski definition) is 3. The Labute approximate surface area is 77.3 Å². The molecule has 0 atom stereocenters. The maximum absolute atomic E-state index is 11.2. The lowest BCUT2D eigenvalue weighted by Crippen LogP contribution is -2.27. The molecule has 1 amide bonds. The third-order valence-corrected chi connectivity index (χ3v) is 1.63. The van der Waals surface area contributed by atoms with E-state index in [-0.39, 0.29) is 11.8 Å². The molecule has 0 unspecified atom stereocenters. The fraction of sp³-hybridized carbons (Fsp3) is 0.556. The second-order valence-electron chi connectivity index (χ2n) is 3.23. The summed E-state index contributed by atoms with van der Waals surface area (Å²) in [5.41, 5.74) is 0.756. The van der Waals surface area contributed by atoms with Gasteiger partial charge in [0.15, 0.2) is 5.89 Å². The second kappa shape index (κ2) is 4.07. The predicted molar refractivity (Wildman–Crippen MR) is 47.9 cm³/mol. The molecule has 0 bridgehead atoms. The van der Waals surface area contributed by atoms with Gasteiger partial charge in [-0.25, -0.2) is 4.98 Å². The van der Waals surface area contributed by atoms with Crippen LogP contribution in [-0.2, 0) is 11.3 Å². The molecule has 4 nitrogen and oxygen atoms in total. The number of aromatic nitrogens is 1. The van der Waals surface area contributed by atoms with Crippen LogP contribution in [-0.4, -0.2) is 10.9 Å². The minimum Gasteiger partial charge on any atom is -0.449 e. The van der Waals surface area contributed by atoms with Gasteiger partial charge in [-0.15, -0.1) is 0 Å². The fourth-order valence-electron chi connectivity index (χ4n) is 0.871. The number of carbonyl (C=O) groups excluding carboxylic acids is 1. The smallest absolute Gasteiger partial charge is 0.222 e. The molecule has 0 radical (unpaired) electrons. The molecule has 0 aliphatic heterocycles. The molecule has 1 aromatic heterocycles. The first-order valence-corrected chi connectivity index (χ1v) is 4.28. The Hall–Kier alpha value is -1.32. The molecular formula is C9H14N2O2. The fourth-order valence-corrected chi connectivity index (χ4v) is 0.871. The summed E-state index contributed by atoms with van der Waals surface area (Å²) in [6.45, 7) is 5.91. The van der Waals surface area contributed by atoms with Crippen LogP contribution in [0.4, 0.5) is 0 Å². The summed E-state index contributed by atoms with van der Waals surface area (Å²) in [4.78, 5) is 15.2. The molecule has 1 aromatic rings. The van der Waals surface area contributed by atoms with Crippen LogP contribution in [0.3, 0.4) is 0 Å². The van der Waals surface area contributed by atoms with Crippen molar-refractivity contribution in [3.63, 3.8) is 0 Å². The van der Waals surface area contributed by atoms with Crippen molar-refractivity contribution in [2.45, 2.75) is 27.3 Å². The van der Waals surface area contributed by atoms with Crippen molar-refractivity contribution in [3.8, 4) is 0 Å². The van der Waals surface area contributed by atoms with Crippen molar-refractivity contribution in [1.82, 2.24) is 10.3 Å². The quantitative estimate of drug-likeness (QED) is 0.765. The van der Waals surface area contributed by atoms with Crippen LogP contribution < -0.4 is 5.32 Å². The molecule has 1 heterocycles. The summed E-state index contributed by atoms with van der Waals surface area (Å²) in [6, 6.07) is 0. The van der Waals surface area contributed by atoms with E-state index in [1.807, 2.05) is 13.8 Å². The molecule has 4 heteroatoms. The highest BCUT2D eigenvalue weighted by molar-refractivity contribution is 5.77. The summed E-state index contributed by atoms with van der Waals surface area (Å²) in [5.74, 6) is 0.655. The maximum Gasteiger partial charge on any atom is 0.222 e. The minimum absolute atomic E-state index is 0.00741. The Morgan fingerprint density at radius 3 is 2.85 bits per heavy atom. The summed E-state index contributed by atoms with van der Waals surface area (Å²) in [7, 11) is 0. The third kappa shape index (κ3) is 2.89. The summed E-state index contributed by atoms with van der Waals surface area (Å²) in [6.07, 6.45) is 1.55. The maximum atomic E-state index is 11.2. The zero-order valence-corrected chi connectivity index (χ0v) is 8.13. The third-order valence-electron chi connectivity index (χ3n) is 1.63. The second-order valence-corrected chi connectivity index (χ2v) is 3.23. The SMILES string of the molecule is Cc1nc(CNC(=O)C(C)C)co1. The highest BCUT2D eigenvalue weighted by atomic mass is 16.3. The number of carbonyl (C=O) groups is 1. The first-order valence-electron chi connectivity index (χ1n) is 4.28. The van der Waals surface area contributed by atoms with Gasteiger partial charge in [0.2, 0.25) is 5.91 Å². The van der Waals surface area contributed by atoms with E-state index in [1.54, 1.807) is 13.2 Å². The lowest BCUT2D eigenvalue weighted by Gasteiger charge is -2.04. The van der Waals surface area contributed by atoms with Crippen LogP contribution >= 0.6 is 0 Å². The number of rotatable bonds is 3. The van der Waals surface area contributed by atoms with E-state index in [0.29, 0.717) is 12.4 Å². The van der Waals surface area contributed by atoms with Crippen LogP contribution in [0.25, 0.3) is 0 Å². The lowest BCUT2D eigenvalue weighted by molar-refractivity contribution is -0.124. The lowest BCUT2D eigenvalue weighted by atomic mass is 10.2. The van der Waals surface area contributed by atoms with Crippen molar-refractivity contribution in [1.29, 1.82) is 0 Å². The predicted octanol–water partition coefficient (Wildman–Crippen LogP) is 1.26. The Kier molecular flexibility index (Phi) is 3.06. The van der Waals surface area contributed by atoms with Gasteiger partial charge in [0.05, 0.1) is 12.2 Å². The van der Waals surface area contributed by atoms with E-state index in [1.165, 1.54) is 0 Å². The van der Waals surface area contributed by atoms with Crippen molar-refractivity contribution in [3.05, 3.63) is 17.8 Å². The molecule has 0 aliphatic carbocycles. The Bertz CT molecular complexity index is 292. The van der Waals surface area contributed by atoms with Crippen LogP contribution in [0.5, 0.6) is 0 Å². The van der Waals surface area contributed by atoms with Crippen LogP contribution in [0, 0.1) is 12.8 Å². The number of nitrogens with zero attached hydrogens (tertiary/aromatic N) is 1. The Balaban J connectivity index is 2.39. The van der Waals surface area contributed by atoms with E-state index < -0.39 is 0 Å². The van der Waals surface area contributed by atoms with E-state index in [2.05, 4.69) is 10.3 Å². The minimum atomic E-state index is 0.00741. The molecule has 0 saturated carbocycles. The van der Waals surface area contributed by atoms with Gasteiger partial charge in [-0.3, -0.25) is 4.79 Å². The number of hydrogen-bond donors (Lipinski definition) is 1. The van der Waals surface area contributed by atoms with Gasteiger partial charge in [0.1, 0.15) is 6.26 Å². The van der Waals surface area contributed by atoms with Crippen LogP contribution in [0.15, 0.2) is 10.7 Å². The molecule has 72 valence electrons. The van der Waals surface area contributed by atoms with Gasteiger partial charge in [-0.2, -0.15) is 0 Å². The highest BCUT2D eigenvalue weighted by Gasteiger charge is 2.07. The summed E-state index contributed by atoms with van der Waals surface area (Å²) in [5, 5.41) is 2.75. The molecule has 0 fully saturated rings. The van der Waals surface area contributed by atoms with Crippen LogP contribution in [0.1, 0.15) is 25.4 Å². The molecule has 13 heavy (non-hydrogen) atoms. The van der Waals surface area contributed by atoms with E-state index in [0.717, 1.165) is 5.69 Å². The van der Waals surface area contributed by atoms with E-state index in [9.17, 15) is 4.79 Å². The highest BCUT2D eigenvalue weighted by Crippen LogP contribution is 2.00. The largest absolute Gasteiger partial charge is 0.449 e. The van der Waals surface area contributed by atoms with Crippen molar-refractivity contribution >= 4 is 5.91 Å². The Morgan fingerprint density at radius 2 is 2.38 bits per heavy atom. The number of amides is 1. The van der Waals surface area contributed by atoms with E-state index in [4.69, 9.17) is 4.42 Å². The van der Waals surface area contributed by atoms with Crippen molar-refractivity contribution < 1.29 is 9.21 Å². The zero-order chi connectivity index (χ0) is 9.84. The average Bonchev–Trinajstić information content (AvgIpc) is 2.47. The van der Waals surface area contributed by atoms with Crippen molar-refractivity contribution in [2.24, 2.45) is 5.92 Å². The topological polar surface area (TPSA) is 55.1 Å². The number of oxazole rings is 1. The monoisotopic (exact) mass is 182 g/mol. The van der Waals surface area contributed by atoms with Gasteiger partial charge < -0.3 is 9.73 Å². The molecular weight excluding hydrogens is 168 g/mol. The summed E-state index contributed by atoms with van der Waals surface area (Å²) >= 11 is 0. The van der Waals surface area contributed by atoms with Gasteiger partial charge >= 0.3 is 0 Å². The molecule has 0 aromatic carbocycles. The molecule has 1 N–H and O–H groups in total. The van der Waals surface area contributed by atoms with Gasteiger partial charge in [-0.1, -0.05) is 13.8 Å². The molecule has 0 aliphatic rings. The first kappa shape index (κ1) is 9.77. The average molecular weight is 182 g/mol. The molecule has 0 saturated heterocycles. The first-order chi connectivity index (χ1) is 6.09. The number of nitrogens with one attached hydrogen (secondary N) is 1. The molecule has 1 rings (SSSR count).